The van der Waals surface area contributed by atoms with Gasteiger partial charge < -0.3 is 24.8 Å². The first-order valence-corrected chi connectivity index (χ1v) is 11.6. The number of benzene rings is 2. The second-order valence-corrected chi connectivity index (χ2v) is 11.8. The van der Waals surface area contributed by atoms with Crippen molar-refractivity contribution in [1.82, 2.24) is 4.98 Å². The van der Waals surface area contributed by atoms with Gasteiger partial charge in [0.2, 0.25) is 0 Å². The Morgan fingerprint density at radius 2 is 1.50 bits per heavy atom. The number of H-pyrrole nitrogens is 1. The quantitative estimate of drug-likeness (QED) is 0.442. The smallest absolute Gasteiger partial charge is 1.00 e. The fourth-order valence-corrected chi connectivity index (χ4v) is 6.88. The first-order chi connectivity index (χ1) is 13.1. The Balaban J connectivity index is 0.00000160. The molecule has 0 unspecified atom stereocenters. The van der Waals surface area contributed by atoms with Gasteiger partial charge >= 0.3 is 178 Å². The Bertz CT molecular complexity index is 1220. The van der Waals surface area contributed by atoms with Crippen molar-refractivity contribution < 1.29 is 44.0 Å². The van der Waals surface area contributed by atoms with Crippen molar-refractivity contribution in [3.63, 3.8) is 0 Å². The van der Waals surface area contributed by atoms with Gasteiger partial charge in [0.05, 0.1) is 0 Å². The molecule has 0 saturated heterocycles. The van der Waals surface area contributed by atoms with Gasteiger partial charge in [-0.25, -0.2) is 0 Å². The molecule has 4 heteroatoms. The van der Waals surface area contributed by atoms with Gasteiger partial charge in [0.25, 0.3) is 0 Å². The monoisotopic (exact) mass is 473 g/mol. The molecule has 4 rings (SSSR count). The zero-order chi connectivity index (χ0) is 20.3. The molecule has 0 bridgehead atoms. The maximum absolute atomic E-state index is 4.37. The SMILES string of the molecule is C=C1C=c2ccccc2=[C]1[Ti+2][c]1[nH]c2cccc(C(C)(C)C)c2c1C(C)(C)C.[Cl-].[Cl-]. The first kappa shape index (κ1) is 25.0. The molecule has 1 aliphatic rings. The molecule has 1 aliphatic carbocycles. The number of aromatic amines is 1. The van der Waals surface area contributed by atoms with E-state index in [0.29, 0.717) is 0 Å². The Labute approximate surface area is 201 Å². The van der Waals surface area contributed by atoms with Crippen molar-refractivity contribution in [2.75, 3.05) is 0 Å². The van der Waals surface area contributed by atoms with E-state index < -0.39 is 19.2 Å². The number of rotatable bonds is 2. The summed E-state index contributed by atoms with van der Waals surface area (Å²) in [5.74, 6) is 0. The summed E-state index contributed by atoms with van der Waals surface area (Å²) in [7, 11) is 0. The average Bonchev–Trinajstić information content (AvgIpc) is 3.11. The number of aromatic nitrogens is 1. The fourth-order valence-electron chi connectivity index (χ4n) is 4.27. The van der Waals surface area contributed by atoms with E-state index in [2.05, 4.69) is 102 Å². The zero-order valence-electron chi connectivity index (χ0n) is 18.6. The maximum atomic E-state index is 4.37. The van der Waals surface area contributed by atoms with E-state index in [1.165, 1.54) is 45.9 Å². The van der Waals surface area contributed by atoms with Crippen LogP contribution >= 0.6 is 0 Å². The second kappa shape index (κ2) is 8.71. The Morgan fingerprint density at radius 1 is 0.833 bits per heavy atom. The van der Waals surface area contributed by atoms with Gasteiger partial charge in [-0.05, 0) is 0 Å². The molecular weight excluding hydrogens is 445 g/mol. The second-order valence-electron chi connectivity index (χ2n) is 9.86. The molecule has 1 N–H and O–H groups in total. The maximum Gasteiger partial charge on any atom is -1.00 e. The van der Waals surface area contributed by atoms with Crippen LogP contribution in [0, 0.1) is 0 Å². The van der Waals surface area contributed by atoms with E-state index >= 15 is 0 Å². The van der Waals surface area contributed by atoms with Crippen LogP contribution in [0.1, 0.15) is 52.7 Å². The Kier molecular flexibility index (Phi) is 7.26. The van der Waals surface area contributed by atoms with Gasteiger partial charge in [0, 0.05) is 0 Å². The molecule has 30 heavy (non-hydrogen) atoms. The van der Waals surface area contributed by atoms with E-state index in [-0.39, 0.29) is 35.6 Å². The van der Waals surface area contributed by atoms with Crippen molar-refractivity contribution in [2.45, 2.75) is 52.4 Å². The summed E-state index contributed by atoms with van der Waals surface area (Å²) < 4.78 is 2.91. The van der Waals surface area contributed by atoms with Crippen LogP contribution in [0.5, 0.6) is 0 Å². The van der Waals surface area contributed by atoms with Crippen molar-refractivity contribution in [3.05, 3.63) is 76.2 Å². The number of hydrogen-bond acceptors (Lipinski definition) is 0. The van der Waals surface area contributed by atoms with Crippen LogP contribution in [0.2, 0.25) is 0 Å². The predicted octanol–water partition coefficient (Wildman–Crippen LogP) is -1.36. The number of halogens is 2. The minimum Gasteiger partial charge on any atom is -1.00 e. The van der Waals surface area contributed by atoms with Crippen LogP contribution in [0.25, 0.3) is 20.9 Å². The molecule has 2 aromatic carbocycles. The Hall–Kier alpha value is -1.25. The third-order valence-corrected chi connectivity index (χ3v) is 7.80. The van der Waals surface area contributed by atoms with Gasteiger partial charge in [0.15, 0.2) is 0 Å². The van der Waals surface area contributed by atoms with Crippen molar-refractivity contribution in [1.29, 1.82) is 0 Å². The third-order valence-electron chi connectivity index (χ3n) is 5.51. The van der Waals surface area contributed by atoms with Gasteiger partial charge in [-0.1, -0.05) is 0 Å². The van der Waals surface area contributed by atoms with E-state index in [1.807, 2.05) is 0 Å². The van der Waals surface area contributed by atoms with Gasteiger partial charge in [-0.3, -0.25) is 0 Å². The molecule has 0 radical (unpaired) electrons. The standard InChI is InChI=1S/C16H22N.C10H7.2ClH.Ti/c1-15(2,3)11-8-7-9-13-14(11)12(10-17-13)16(4,5)6;1-8-6-9-4-2-3-5-10(9)7-8;;;/h7-9,17H,1-6H3;2-6H,1H2;2*1H;/q;;;;+2/p-2. The van der Waals surface area contributed by atoms with E-state index in [0.717, 1.165) is 0 Å². The molecule has 1 nitrogen and oxygen atoms in total. The zero-order valence-corrected chi connectivity index (χ0v) is 21.7. The van der Waals surface area contributed by atoms with E-state index in [1.54, 1.807) is 0 Å². The summed E-state index contributed by atoms with van der Waals surface area (Å²) in [6.07, 6.45) is 2.24. The third kappa shape index (κ3) is 4.37. The molecule has 0 saturated carbocycles. The molecule has 0 spiro atoms. The molecule has 1 heterocycles. The molecule has 156 valence electrons. The van der Waals surface area contributed by atoms with Crippen LogP contribution in [0.15, 0.2) is 54.6 Å². The van der Waals surface area contributed by atoms with Gasteiger partial charge in [-0.2, -0.15) is 0 Å². The molecule has 0 aliphatic heterocycles. The van der Waals surface area contributed by atoms with Gasteiger partial charge in [-0.15, -0.1) is 0 Å². The minimum atomic E-state index is -0.531. The van der Waals surface area contributed by atoms with Crippen LogP contribution < -0.4 is 39.3 Å². The summed E-state index contributed by atoms with van der Waals surface area (Å²) >= 11 is -0.531. The molecule has 0 fully saturated rings. The molecule has 0 amide bonds. The molecule has 0 atom stereocenters. The van der Waals surface area contributed by atoms with E-state index in [9.17, 15) is 0 Å². The predicted molar refractivity (Wildman–Crippen MR) is 118 cm³/mol. The number of allylic oxidation sites excluding steroid dienone is 1. The van der Waals surface area contributed by atoms with Crippen molar-refractivity contribution >= 4 is 24.9 Å². The topological polar surface area (TPSA) is 15.8 Å². The van der Waals surface area contributed by atoms with Gasteiger partial charge in [0.1, 0.15) is 0 Å². The first-order valence-electron chi connectivity index (χ1n) is 10.0. The average molecular weight is 474 g/mol. The fraction of sp³-hybridized carbons (Fsp3) is 0.308. The summed E-state index contributed by atoms with van der Waals surface area (Å²) in [5, 5.41) is 4.12. The van der Waals surface area contributed by atoms with Crippen LogP contribution in [-0.2, 0) is 30.0 Å². The normalized spacial score (nSPS) is 13.3. The van der Waals surface area contributed by atoms with Crippen molar-refractivity contribution in [3.8, 4) is 0 Å². The summed E-state index contributed by atoms with van der Waals surface area (Å²) in [6, 6.07) is 15.5. The molecule has 1 aromatic heterocycles. The van der Waals surface area contributed by atoms with Crippen LogP contribution in [0.3, 0.4) is 0 Å². The number of nitrogens with one attached hydrogen (secondary N) is 1. The number of fused-ring (bicyclic) bond motifs is 2. The summed E-state index contributed by atoms with van der Waals surface area (Å²) in [5.41, 5.74) is 5.60. The molecule has 3 aromatic rings. The minimum absolute atomic E-state index is 0. The summed E-state index contributed by atoms with van der Waals surface area (Å²) in [4.78, 5) is 3.84. The van der Waals surface area contributed by atoms with E-state index in [4.69, 9.17) is 0 Å². The van der Waals surface area contributed by atoms with Crippen LogP contribution in [0.4, 0.5) is 0 Å². The Morgan fingerprint density at radius 3 is 2.13 bits per heavy atom. The van der Waals surface area contributed by atoms with Crippen LogP contribution in [-0.4, -0.2) is 4.98 Å². The van der Waals surface area contributed by atoms with Crippen molar-refractivity contribution in [2.24, 2.45) is 0 Å². The number of hydrogen-bond donors (Lipinski definition) is 1. The summed E-state index contributed by atoms with van der Waals surface area (Å²) in [6.45, 7) is 18.4. The molecular formula is C26H29Cl2NTi. The largest absolute Gasteiger partial charge is 1.00 e.